The summed E-state index contributed by atoms with van der Waals surface area (Å²) in [4.78, 5) is 10.5. The highest BCUT2D eigenvalue weighted by Crippen LogP contribution is 2.33. The molecule has 0 bridgehead atoms. The van der Waals surface area contributed by atoms with Crippen LogP contribution in [0.15, 0.2) is 75.9 Å². The van der Waals surface area contributed by atoms with E-state index in [1.54, 1.807) is 18.9 Å². The molecule has 0 atom stereocenters. The molecule has 0 saturated heterocycles. The zero-order valence-corrected chi connectivity index (χ0v) is 16.6. The SMILES string of the molecule is COc1ccc(Sc2nc(SC)nc3c2cnn3Cc2ccccc2)cc1. The second kappa shape index (κ2) is 8.02. The van der Waals surface area contributed by atoms with Gasteiger partial charge in [0, 0.05) is 4.90 Å². The summed E-state index contributed by atoms with van der Waals surface area (Å²) in [5, 5.41) is 7.18. The maximum Gasteiger partial charge on any atom is 0.190 e. The Hall–Kier alpha value is -2.51. The molecule has 4 aromatic rings. The van der Waals surface area contributed by atoms with E-state index in [2.05, 4.69) is 17.2 Å². The van der Waals surface area contributed by atoms with Gasteiger partial charge in [-0.15, -0.1) is 0 Å². The largest absolute Gasteiger partial charge is 0.497 e. The average molecular weight is 395 g/mol. The molecule has 0 fully saturated rings. The van der Waals surface area contributed by atoms with E-state index in [0.29, 0.717) is 6.54 Å². The van der Waals surface area contributed by atoms with E-state index in [1.165, 1.54) is 17.3 Å². The predicted molar refractivity (Wildman–Crippen MR) is 110 cm³/mol. The van der Waals surface area contributed by atoms with E-state index in [9.17, 15) is 0 Å². The lowest BCUT2D eigenvalue weighted by molar-refractivity contribution is 0.414. The number of rotatable bonds is 6. The number of benzene rings is 2. The Morgan fingerprint density at radius 2 is 1.78 bits per heavy atom. The molecule has 4 rings (SSSR count). The summed E-state index contributed by atoms with van der Waals surface area (Å²) in [6.45, 7) is 0.682. The van der Waals surface area contributed by atoms with Crippen molar-refractivity contribution in [2.24, 2.45) is 0 Å². The fourth-order valence-electron chi connectivity index (χ4n) is 2.71. The van der Waals surface area contributed by atoms with Crippen LogP contribution in [0.3, 0.4) is 0 Å². The molecule has 136 valence electrons. The topological polar surface area (TPSA) is 52.8 Å². The van der Waals surface area contributed by atoms with Crippen molar-refractivity contribution in [3.8, 4) is 5.75 Å². The van der Waals surface area contributed by atoms with Crippen LogP contribution < -0.4 is 4.74 Å². The third kappa shape index (κ3) is 3.94. The molecule has 0 aliphatic heterocycles. The maximum absolute atomic E-state index is 5.23. The number of thioether (sulfide) groups is 1. The van der Waals surface area contributed by atoms with Crippen molar-refractivity contribution in [3.05, 3.63) is 66.4 Å². The van der Waals surface area contributed by atoms with E-state index in [1.807, 2.05) is 59.6 Å². The van der Waals surface area contributed by atoms with Gasteiger partial charge in [-0.2, -0.15) is 5.10 Å². The minimum atomic E-state index is 0.682. The zero-order valence-electron chi connectivity index (χ0n) is 15.0. The van der Waals surface area contributed by atoms with Gasteiger partial charge in [0.05, 0.1) is 25.2 Å². The highest BCUT2D eigenvalue weighted by molar-refractivity contribution is 7.99. The Morgan fingerprint density at radius 1 is 1.00 bits per heavy atom. The van der Waals surface area contributed by atoms with Gasteiger partial charge in [-0.05, 0) is 36.1 Å². The predicted octanol–water partition coefficient (Wildman–Crippen LogP) is 4.76. The second-order valence-corrected chi connectivity index (χ2v) is 7.65. The van der Waals surface area contributed by atoms with Crippen molar-refractivity contribution in [2.45, 2.75) is 21.6 Å². The summed E-state index contributed by atoms with van der Waals surface area (Å²) in [7, 11) is 1.67. The van der Waals surface area contributed by atoms with E-state index < -0.39 is 0 Å². The van der Waals surface area contributed by atoms with Gasteiger partial charge in [-0.3, -0.25) is 0 Å². The molecule has 0 radical (unpaired) electrons. The third-order valence-corrected chi connectivity index (χ3v) is 5.63. The quantitative estimate of drug-likeness (QED) is 0.267. The highest BCUT2D eigenvalue weighted by atomic mass is 32.2. The molecular formula is C20H18N4OS2. The Morgan fingerprint density at radius 3 is 2.48 bits per heavy atom. The van der Waals surface area contributed by atoms with Crippen molar-refractivity contribution in [2.75, 3.05) is 13.4 Å². The van der Waals surface area contributed by atoms with Crippen LogP contribution in [0.1, 0.15) is 5.56 Å². The number of aromatic nitrogens is 4. The van der Waals surface area contributed by atoms with Crippen molar-refractivity contribution in [3.63, 3.8) is 0 Å². The van der Waals surface area contributed by atoms with Crippen LogP contribution in [0, 0.1) is 0 Å². The fraction of sp³-hybridized carbons (Fsp3) is 0.150. The molecule has 0 saturated carbocycles. The van der Waals surface area contributed by atoms with Crippen LogP contribution in [0.25, 0.3) is 11.0 Å². The standard InChI is InChI=1S/C20H18N4OS2/c1-25-15-8-10-16(11-9-15)27-19-17-12-21-24(13-14-6-4-3-5-7-14)18(17)22-20(23-19)26-2/h3-12H,13H2,1-2H3. The van der Waals surface area contributed by atoms with Crippen molar-refractivity contribution >= 4 is 34.6 Å². The summed E-state index contributed by atoms with van der Waals surface area (Å²) in [5.74, 6) is 0.840. The molecule has 7 heteroatoms. The van der Waals surface area contributed by atoms with Gasteiger partial charge < -0.3 is 4.74 Å². The molecule has 2 aromatic carbocycles. The summed E-state index contributed by atoms with van der Waals surface area (Å²) in [5.41, 5.74) is 2.05. The zero-order chi connectivity index (χ0) is 18.6. The van der Waals surface area contributed by atoms with Crippen LogP contribution in [-0.2, 0) is 6.54 Å². The summed E-state index contributed by atoms with van der Waals surface area (Å²) < 4.78 is 7.17. The number of hydrogen-bond donors (Lipinski definition) is 0. The maximum atomic E-state index is 5.23. The molecule has 0 N–H and O–H groups in total. The Labute approximate surface area is 166 Å². The molecule has 0 spiro atoms. The normalized spacial score (nSPS) is 11.0. The van der Waals surface area contributed by atoms with Crippen molar-refractivity contribution < 1.29 is 4.74 Å². The van der Waals surface area contributed by atoms with Gasteiger partial charge >= 0.3 is 0 Å². The average Bonchev–Trinajstić information content (AvgIpc) is 3.12. The van der Waals surface area contributed by atoms with Crippen LogP contribution in [-0.4, -0.2) is 33.1 Å². The number of ether oxygens (including phenoxy) is 1. The minimum Gasteiger partial charge on any atom is -0.497 e. The Bertz CT molecular complexity index is 1050. The molecule has 0 amide bonds. The first kappa shape index (κ1) is 17.9. The van der Waals surface area contributed by atoms with E-state index >= 15 is 0 Å². The van der Waals surface area contributed by atoms with E-state index in [4.69, 9.17) is 14.7 Å². The number of hydrogen-bond acceptors (Lipinski definition) is 6. The van der Waals surface area contributed by atoms with Crippen molar-refractivity contribution in [1.29, 1.82) is 0 Å². The molecule has 2 heterocycles. The van der Waals surface area contributed by atoms with Gasteiger partial charge in [-0.25, -0.2) is 14.6 Å². The summed E-state index contributed by atoms with van der Waals surface area (Å²) >= 11 is 3.15. The molecule has 0 aliphatic rings. The first-order valence-electron chi connectivity index (χ1n) is 8.40. The lowest BCUT2D eigenvalue weighted by Crippen LogP contribution is -2.03. The highest BCUT2D eigenvalue weighted by Gasteiger charge is 2.14. The number of nitrogens with zero attached hydrogens (tertiary/aromatic N) is 4. The van der Waals surface area contributed by atoms with Crippen LogP contribution in [0.2, 0.25) is 0 Å². The van der Waals surface area contributed by atoms with E-state index in [0.717, 1.165) is 31.9 Å². The smallest absolute Gasteiger partial charge is 0.190 e. The van der Waals surface area contributed by atoms with Crippen molar-refractivity contribution in [1.82, 2.24) is 19.7 Å². The van der Waals surface area contributed by atoms with Gasteiger partial charge in [0.25, 0.3) is 0 Å². The summed E-state index contributed by atoms with van der Waals surface area (Å²) in [6.07, 6.45) is 3.84. The number of fused-ring (bicyclic) bond motifs is 1. The lowest BCUT2D eigenvalue weighted by Gasteiger charge is -2.07. The Balaban J connectivity index is 1.71. The van der Waals surface area contributed by atoms with Crippen LogP contribution >= 0.6 is 23.5 Å². The first-order chi connectivity index (χ1) is 13.3. The molecule has 0 aliphatic carbocycles. The minimum absolute atomic E-state index is 0.682. The fourth-order valence-corrected chi connectivity index (χ4v) is 4.01. The third-order valence-electron chi connectivity index (χ3n) is 4.07. The van der Waals surface area contributed by atoms with E-state index in [-0.39, 0.29) is 0 Å². The lowest BCUT2D eigenvalue weighted by atomic mass is 10.2. The number of methoxy groups -OCH3 is 1. The molecular weight excluding hydrogens is 376 g/mol. The van der Waals surface area contributed by atoms with Gasteiger partial charge in [-0.1, -0.05) is 53.9 Å². The van der Waals surface area contributed by atoms with Gasteiger partial charge in [0.1, 0.15) is 10.8 Å². The Kier molecular flexibility index (Phi) is 5.31. The van der Waals surface area contributed by atoms with Gasteiger partial charge in [0.15, 0.2) is 10.8 Å². The van der Waals surface area contributed by atoms with Crippen LogP contribution in [0.4, 0.5) is 0 Å². The molecule has 5 nitrogen and oxygen atoms in total. The summed E-state index contributed by atoms with van der Waals surface area (Å²) in [6, 6.07) is 18.2. The second-order valence-electron chi connectivity index (χ2n) is 5.82. The van der Waals surface area contributed by atoms with Gasteiger partial charge in [0.2, 0.25) is 0 Å². The monoisotopic (exact) mass is 394 g/mol. The molecule has 0 unspecified atom stereocenters. The molecule has 2 aromatic heterocycles. The molecule has 27 heavy (non-hydrogen) atoms. The van der Waals surface area contributed by atoms with Crippen LogP contribution in [0.5, 0.6) is 5.75 Å². The first-order valence-corrected chi connectivity index (χ1v) is 10.4.